The van der Waals surface area contributed by atoms with Gasteiger partial charge in [-0.05, 0) is 30.4 Å². The van der Waals surface area contributed by atoms with Gasteiger partial charge in [0.25, 0.3) is 0 Å². The Bertz CT molecular complexity index is 872. The summed E-state index contributed by atoms with van der Waals surface area (Å²) in [6.07, 6.45) is -3.81. The Hall–Kier alpha value is -2.42. The number of rotatable bonds is 1. The van der Waals surface area contributed by atoms with Gasteiger partial charge in [0, 0.05) is 29.3 Å². The molecule has 3 rings (SSSR count). The van der Waals surface area contributed by atoms with Crippen LogP contribution in [-0.2, 0) is 11.0 Å². The lowest BCUT2D eigenvalue weighted by Gasteiger charge is -2.38. The van der Waals surface area contributed by atoms with Crippen molar-refractivity contribution in [1.82, 2.24) is 0 Å². The molecule has 1 unspecified atom stereocenters. The van der Waals surface area contributed by atoms with Gasteiger partial charge in [0.15, 0.2) is 5.78 Å². The summed E-state index contributed by atoms with van der Waals surface area (Å²) in [6, 6.07) is 7.27. The fourth-order valence-corrected chi connectivity index (χ4v) is 3.97. The van der Waals surface area contributed by atoms with Gasteiger partial charge in [-0.3, -0.25) is 9.79 Å². The van der Waals surface area contributed by atoms with Crippen molar-refractivity contribution in [2.75, 3.05) is 0 Å². The molecule has 1 aromatic carbocycles. The number of benzene rings is 1. The minimum absolute atomic E-state index is 0.0265. The number of halogens is 3. The SMILES string of the molecule is CC1=NC2=C(C(=O)CC(C)(C)C2)[C@@H](c2ccccc2C(F)(F)F)C1C#N. The van der Waals surface area contributed by atoms with E-state index in [1.165, 1.54) is 18.2 Å². The third-order valence-electron chi connectivity index (χ3n) is 5.04. The molecule has 0 spiro atoms. The van der Waals surface area contributed by atoms with Crippen LogP contribution in [0.5, 0.6) is 0 Å². The van der Waals surface area contributed by atoms with Crippen molar-refractivity contribution in [3.8, 4) is 6.07 Å². The summed E-state index contributed by atoms with van der Waals surface area (Å²) in [4.78, 5) is 17.3. The Kier molecular flexibility index (Phi) is 4.30. The second-order valence-electron chi connectivity index (χ2n) is 7.72. The van der Waals surface area contributed by atoms with Gasteiger partial charge in [-0.15, -0.1) is 0 Å². The molecule has 0 N–H and O–H groups in total. The first-order valence-corrected chi connectivity index (χ1v) is 8.42. The highest BCUT2D eigenvalue weighted by atomic mass is 19.4. The van der Waals surface area contributed by atoms with Gasteiger partial charge in [-0.1, -0.05) is 32.0 Å². The number of Topliss-reactive ketones (excluding diaryl/α,β-unsaturated/α-hetero) is 1. The summed E-state index contributed by atoms with van der Waals surface area (Å²) in [5, 5.41) is 9.62. The summed E-state index contributed by atoms with van der Waals surface area (Å²) in [6.45, 7) is 5.52. The van der Waals surface area contributed by atoms with Crippen LogP contribution in [0, 0.1) is 22.7 Å². The second kappa shape index (κ2) is 6.08. The number of carbonyl (C=O) groups is 1. The number of hydrogen-bond donors (Lipinski definition) is 0. The van der Waals surface area contributed by atoms with E-state index in [1.54, 1.807) is 6.92 Å². The van der Waals surface area contributed by atoms with Crippen LogP contribution in [-0.4, -0.2) is 11.5 Å². The van der Waals surface area contributed by atoms with E-state index in [1.807, 2.05) is 13.8 Å². The lowest BCUT2D eigenvalue weighted by Crippen LogP contribution is -2.35. The lowest BCUT2D eigenvalue weighted by atomic mass is 9.66. The Labute approximate surface area is 150 Å². The van der Waals surface area contributed by atoms with E-state index in [0.29, 0.717) is 17.8 Å². The van der Waals surface area contributed by atoms with Crippen LogP contribution in [0.1, 0.15) is 50.7 Å². The molecule has 0 saturated carbocycles. The third kappa shape index (κ3) is 3.07. The normalized spacial score (nSPS) is 25.4. The van der Waals surface area contributed by atoms with Gasteiger partial charge in [-0.25, -0.2) is 0 Å². The smallest absolute Gasteiger partial charge is 0.294 e. The molecule has 136 valence electrons. The topological polar surface area (TPSA) is 53.2 Å². The molecule has 0 amide bonds. The highest BCUT2D eigenvalue weighted by Crippen LogP contribution is 2.49. The molecule has 0 radical (unpaired) electrons. The molecule has 1 aliphatic carbocycles. The predicted molar refractivity (Wildman–Crippen MR) is 91.4 cm³/mol. The maximum Gasteiger partial charge on any atom is 0.416 e. The number of aliphatic imine (C=N–C) groups is 1. The predicted octanol–water partition coefficient (Wildman–Crippen LogP) is 5.05. The molecular formula is C20H19F3N2O. The standard InChI is InChI=1S/C20H19F3N2O/c1-11-13(10-24)17(12-6-4-5-7-14(12)20(21,22)23)18-15(25-11)8-19(2,3)9-16(18)26/h4-7,13,17H,8-9H2,1-3H3/t13?,17-/m0/s1. The first kappa shape index (κ1) is 18.4. The van der Waals surface area contributed by atoms with Crippen molar-refractivity contribution in [2.24, 2.45) is 16.3 Å². The number of ketones is 1. The van der Waals surface area contributed by atoms with Crippen LogP contribution in [0.25, 0.3) is 0 Å². The lowest BCUT2D eigenvalue weighted by molar-refractivity contribution is -0.138. The second-order valence-corrected chi connectivity index (χ2v) is 7.72. The minimum Gasteiger partial charge on any atom is -0.294 e. The zero-order valence-electron chi connectivity index (χ0n) is 14.8. The summed E-state index contributed by atoms with van der Waals surface area (Å²) in [5.41, 5.74) is 0.132. The summed E-state index contributed by atoms with van der Waals surface area (Å²) in [5.74, 6) is -2.04. The fourth-order valence-electron chi connectivity index (χ4n) is 3.97. The Morgan fingerprint density at radius 3 is 2.50 bits per heavy atom. The fraction of sp³-hybridized carbons (Fsp3) is 0.450. The molecule has 0 saturated heterocycles. The molecule has 1 aromatic rings. The summed E-state index contributed by atoms with van der Waals surface area (Å²) in [7, 11) is 0. The molecule has 0 aromatic heterocycles. The van der Waals surface area contributed by atoms with E-state index in [4.69, 9.17) is 0 Å². The molecule has 1 aliphatic heterocycles. The van der Waals surface area contributed by atoms with Crippen LogP contribution in [0.4, 0.5) is 13.2 Å². The summed E-state index contributed by atoms with van der Waals surface area (Å²) < 4.78 is 40.7. The van der Waals surface area contributed by atoms with E-state index >= 15 is 0 Å². The van der Waals surface area contributed by atoms with Gasteiger partial charge >= 0.3 is 6.18 Å². The van der Waals surface area contributed by atoms with Crippen LogP contribution in [0.3, 0.4) is 0 Å². The first-order chi connectivity index (χ1) is 12.0. The van der Waals surface area contributed by atoms with Crippen molar-refractivity contribution < 1.29 is 18.0 Å². The van der Waals surface area contributed by atoms with Crippen LogP contribution >= 0.6 is 0 Å². The van der Waals surface area contributed by atoms with E-state index in [0.717, 1.165) is 6.07 Å². The van der Waals surface area contributed by atoms with Crippen molar-refractivity contribution in [3.63, 3.8) is 0 Å². The third-order valence-corrected chi connectivity index (χ3v) is 5.04. The van der Waals surface area contributed by atoms with E-state index < -0.39 is 23.6 Å². The largest absolute Gasteiger partial charge is 0.416 e. The van der Waals surface area contributed by atoms with Crippen molar-refractivity contribution in [3.05, 3.63) is 46.7 Å². The number of hydrogen-bond acceptors (Lipinski definition) is 3. The molecule has 1 heterocycles. The molecule has 2 aliphatic rings. The zero-order valence-corrected chi connectivity index (χ0v) is 14.8. The van der Waals surface area contributed by atoms with Gasteiger partial charge in [0.05, 0.1) is 17.6 Å². The molecule has 0 fully saturated rings. The van der Waals surface area contributed by atoms with Crippen LogP contribution in [0.2, 0.25) is 0 Å². The molecule has 3 nitrogen and oxygen atoms in total. The number of allylic oxidation sites excluding steroid dienone is 2. The molecule has 0 bridgehead atoms. The molecular weight excluding hydrogens is 341 g/mol. The summed E-state index contributed by atoms with van der Waals surface area (Å²) >= 11 is 0. The van der Waals surface area contributed by atoms with Gasteiger partial charge in [0.2, 0.25) is 0 Å². The highest BCUT2D eigenvalue weighted by Gasteiger charge is 2.46. The van der Waals surface area contributed by atoms with E-state index in [2.05, 4.69) is 11.1 Å². The highest BCUT2D eigenvalue weighted by molar-refractivity contribution is 6.03. The molecule has 2 atom stereocenters. The molecule has 6 heteroatoms. The first-order valence-electron chi connectivity index (χ1n) is 8.42. The van der Waals surface area contributed by atoms with Crippen molar-refractivity contribution in [2.45, 2.75) is 45.7 Å². The average Bonchev–Trinajstić information content (AvgIpc) is 2.51. The molecule has 26 heavy (non-hydrogen) atoms. The van der Waals surface area contributed by atoms with E-state index in [9.17, 15) is 23.2 Å². The van der Waals surface area contributed by atoms with Crippen molar-refractivity contribution in [1.29, 1.82) is 5.26 Å². The van der Waals surface area contributed by atoms with Gasteiger partial charge < -0.3 is 0 Å². The minimum atomic E-state index is -4.56. The van der Waals surface area contributed by atoms with Crippen LogP contribution < -0.4 is 0 Å². The Morgan fingerprint density at radius 1 is 1.23 bits per heavy atom. The maximum absolute atomic E-state index is 13.6. The van der Waals surface area contributed by atoms with Crippen LogP contribution in [0.15, 0.2) is 40.5 Å². The number of nitriles is 1. The van der Waals surface area contributed by atoms with Crippen molar-refractivity contribution >= 4 is 11.5 Å². The Morgan fingerprint density at radius 2 is 1.88 bits per heavy atom. The van der Waals surface area contributed by atoms with Gasteiger partial charge in [0.1, 0.15) is 0 Å². The number of alkyl halides is 3. The number of carbonyl (C=O) groups excluding carboxylic acids is 1. The number of nitrogens with zero attached hydrogens (tertiary/aromatic N) is 2. The zero-order chi connectivity index (χ0) is 19.3. The van der Waals surface area contributed by atoms with E-state index in [-0.39, 0.29) is 28.8 Å². The quantitative estimate of drug-likeness (QED) is 0.704. The monoisotopic (exact) mass is 360 g/mol. The maximum atomic E-state index is 13.6. The van der Waals surface area contributed by atoms with Gasteiger partial charge in [-0.2, -0.15) is 18.4 Å². The Balaban J connectivity index is 2.26. The average molecular weight is 360 g/mol.